The van der Waals surface area contributed by atoms with Crippen LogP contribution >= 0.6 is 0 Å². The van der Waals surface area contributed by atoms with Crippen LogP contribution in [-0.4, -0.2) is 19.5 Å². The molecule has 5 heteroatoms. The summed E-state index contributed by atoms with van der Waals surface area (Å²) in [7, 11) is 0. The number of aromatic nitrogens is 4. The predicted octanol–water partition coefficient (Wildman–Crippen LogP) is 2.89. The molecule has 0 spiro atoms. The number of hydrogen-bond acceptors (Lipinski definition) is 4. The average molecular weight is 279 g/mol. The van der Waals surface area contributed by atoms with Crippen LogP contribution in [0.2, 0.25) is 0 Å². The highest BCUT2D eigenvalue weighted by atomic mass is 15.1. The Morgan fingerprint density at radius 2 is 1.86 bits per heavy atom. The number of anilines is 1. The molecule has 2 aromatic heterocycles. The molecule has 1 aromatic carbocycles. The second-order valence-corrected chi connectivity index (χ2v) is 5.82. The number of nitrogens with zero attached hydrogens (tertiary/aromatic N) is 4. The molecule has 106 valence electrons. The highest BCUT2D eigenvalue weighted by Gasteiger charge is 2.27. The second-order valence-electron chi connectivity index (χ2n) is 5.82. The van der Waals surface area contributed by atoms with Crippen LogP contribution in [0.25, 0.3) is 16.9 Å². The predicted molar refractivity (Wildman–Crippen MR) is 82.5 cm³/mol. The lowest BCUT2D eigenvalue weighted by Crippen LogP contribution is -2.04. The molecule has 0 amide bonds. The molecule has 0 bridgehead atoms. The molecule has 21 heavy (non-hydrogen) atoms. The van der Waals surface area contributed by atoms with Crippen LogP contribution < -0.4 is 5.73 Å². The molecule has 4 rings (SSSR count). The number of rotatable bonds is 2. The van der Waals surface area contributed by atoms with Gasteiger partial charge in [0.15, 0.2) is 0 Å². The Labute approximate surface area is 122 Å². The first kappa shape index (κ1) is 12.3. The monoisotopic (exact) mass is 279 g/mol. The maximum Gasteiger partial charge on any atom is 0.144 e. The largest absolute Gasteiger partial charge is 0.384 e. The van der Waals surface area contributed by atoms with Crippen molar-refractivity contribution in [2.45, 2.75) is 32.6 Å². The number of aryl methyl sites for hydroxylation is 2. The first-order chi connectivity index (χ1) is 10.1. The topological polar surface area (TPSA) is 69.6 Å². The summed E-state index contributed by atoms with van der Waals surface area (Å²) >= 11 is 0. The van der Waals surface area contributed by atoms with Crippen molar-refractivity contribution in [3.05, 3.63) is 41.5 Å². The van der Waals surface area contributed by atoms with E-state index in [2.05, 4.69) is 40.9 Å². The second kappa shape index (κ2) is 4.28. The van der Waals surface area contributed by atoms with Crippen LogP contribution in [0, 0.1) is 13.8 Å². The minimum Gasteiger partial charge on any atom is -0.384 e. The lowest BCUT2D eigenvalue weighted by Gasteiger charge is -2.08. The summed E-state index contributed by atoms with van der Waals surface area (Å²) in [5.41, 5.74) is 10.5. The molecule has 2 heterocycles. The molecular weight excluding hydrogens is 262 g/mol. The van der Waals surface area contributed by atoms with Crippen molar-refractivity contribution < 1.29 is 0 Å². The van der Waals surface area contributed by atoms with Crippen LogP contribution in [0.3, 0.4) is 0 Å². The van der Waals surface area contributed by atoms with Gasteiger partial charge in [-0.2, -0.15) is 0 Å². The van der Waals surface area contributed by atoms with Crippen molar-refractivity contribution in [3.63, 3.8) is 0 Å². The molecule has 2 N–H and O–H groups in total. The van der Waals surface area contributed by atoms with E-state index >= 15 is 0 Å². The number of nitrogen functional groups attached to an aromatic ring is 1. The van der Waals surface area contributed by atoms with Crippen LogP contribution in [0.5, 0.6) is 0 Å². The molecule has 0 saturated heterocycles. The summed E-state index contributed by atoms with van der Waals surface area (Å²) in [5.74, 6) is 2.66. The minimum atomic E-state index is 0.478. The van der Waals surface area contributed by atoms with Gasteiger partial charge in [-0.25, -0.2) is 15.0 Å². The van der Waals surface area contributed by atoms with E-state index in [1.165, 1.54) is 11.1 Å². The Balaban J connectivity index is 1.91. The van der Waals surface area contributed by atoms with Crippen molar-refractivity contribution in [1.82, 2.24) is 19.5 Å². The van der Waals surface area contributed by atoms with E-state index in [1.807, 2.05) is 17.0 Å². The maximum absolute atomic E-state index is 5.94. The van der Waals surface area contributed by atoms with E-state index in [0.717, 1.165) is 35.5 Å². The molecule has 0 radical (unpaired) electrons. The number of nitrogens with two attached hydrogens (primary N) is 1. The van der Waals surface area contributed by atoms with Gasteiger partial charge in [0, 0.05) is 12.0 Å². The molecule has 3 aromatic rings. The van der Waals surface area contributed by atoms with Gasteiger partial charge in [-0.3, -0.25) is 4.57 Å². The minimum absolute atomic E-state index is 0.478. The molecule has 1 saturated carbocycles. The zero-order chi connectivity index (χ0) is 14.6. The van der Waals surface area contributed by atoms with Gasteiger partial charge in [0.05, 0.1) is 11.0 Å². The molecule has 0 aliphatic heterocycles. The number of benzene rings is 1. The van der Waals surface area contributed by atoms with E-state index in [4.69, 9.17) is 5.73 Å². The van der Waals surface area contributed by atoms with Gasteiger partial charge in [0.1, 0.15) is 23.8 Å². The van der Waals surface area contributed by atoms with Gasteiger partial charge in [0.2, 0.25) is 0 Å². The van der Waals surface area contributed by atoms with Crippen molar-refractivity contribution in [1.29, 1.82) is 0 Å². The maximum atomic E-state index is 5.94. The zero-order valence-corrected chi connectivity index (χ0v) is 12.2. The Morgan fingerprint density at radius 3 is 2.62 bits per heavy atom. The Hall–Kier alpha value is -2.43. The molecule has 1 fully saturated rings. The first-order valence-corrected chi connectivity index (χ1v) is 7.21. The third kappa shape index (κ3) is 2.05. The molecule has 1 aliphatic carbocycles. The summed E-state index contributed by atoms with van der Waals surface area (Å²) in [6.45, 7) is 4.21. The lowest BCUT2D eigenvalue weighted by atomic mass is 10.1. The smallest absolute Gasteiger partial charge is 0.144 e. The van der Waals surface area contributed by atoms with Crippen molar-refractivity contribution >= 4 is 16.9 Å². The van der Waals surface area contributed by atoms with E-state index in [9.17, 15) is 0 Å². The summed E-state index contributed by atoms with van der Waals surface area (Å²) < 4.78 is 1.99. The molecule has 0 atom stereocenters. The third-order valence-electron chi connectivity index (χ3n) is 4.10. The standard InChI is InChI=1S/C16H17N5/c1-9-5-12-13(6-10(9)2)21(8-18-12)15-7-14(17)19-16(20-15)11-3-4-11/h5-8,11H,3-4H2,1-2H3,(H2,17,19,20). The quantitative estimate of drug-likeness (QED) is 0.783. The van der Waals surface area contributed by atoms with Crippen molar-refractivity contribution in [2.75, 3.05) is 5.73 Å². The van der Waals surface area contributed by atoms with Gasteiger partial charge in [-0.05, 0) is 49.9 Å². The Bertz CT molecular complexity index is 845. The molecular formula is C16H17N5. The Kier molecular flexibility index (Phi) is 2.51. The summed E-state index contributed by atoms with van der Waals surface area (Å²) in [6.07, 6.45) is 4.12. The van der Waals surface area contributed by atoms with Crippen LogP contribution in [0.1, 0.15) is 35.7 Å². The van der Waals surface area contributed by atoms with Crippen molar-refractivity contribution in [2.24, 2.45) is 0 Å². The van der Waals surface area contributed by atoms with E-state index < -0.39 is 0 Å². The molecule has 0 unspecified atom stereocenters. The molecule has 1 aliphatic rings. The fraction of sp³-hybridized carbons (Fsp3) is 0.312. The first-order valence-electron chi connectivity index (χ1n) is 7.21. The van der Waals surface area contributed by atoms with E-state index in [0.29, 0.717) is 11.7 Å². The highest BCUT2D eigenvalue weighted by Crippen LogP contribution is 2.38. The Morgan fingerprint density at radius 1 is 1.10 bits per heavy atom. The van der Waals surface area contributed by atoms with Crippen LogP contribution in [0.15, 0.2) is 24.5 Å². The number of fused-ring (bicyclic) bond motifs is 1. The van der Waals surface area contributed by atoms with E-state index in [1.54, 1.807) is 0 Å². The van der Waals surface area contributed by atoms with E-state index in [-0.39, 0.29) is 0 Å². The van der Waals surface area contributed by atoms with Gasteiger partial charge in [-0.15, -0.1) is 0 Å². The lowest BCUT2D eigenvalue weighted by molar-refractivity contribution is 0.891. The van der Waals surface area contributed by atoms with Gasteiger partial charge < -0.3 is 5.73 Å². The van der Waals surface area contributed by atoms with Crippen molar-refractivity contribution in [3.8, 4) is 5.82 Å². The van der Waals surface area contributed by atoms with Gasteiger partial charge in [-0.1, -0.05) is 0 Å². The SMILES string of the molecule is Cc1cc2ncn(-c3cc(N)nc(C4CC4)n3)c2cc1C. The van der Waals surface area contributed by atoms with Crippen LogP contribution in [0.4, 0.5) is 5.82 Å². The number of hydrogen-bond donors (Lipinski definition) is 1. The normalized spacial score (nSPS) is 14.8. The fourth-order valence-electron chi connectivity index (χ4n) is 2.57. The fourth-order valence-corrected chi connectivity index (χ4v) is 2.57. The van der Waals surface area contributed by atoms with Gasteiger partial charge >= 0.3 is 0 Å². The molecule has 5 nitrogen and oxygen atoms in total. The highest BCUT2D eigenvalue weighted by molar-refractivity contribution is 5.79. The average Bonchev–Trinajstić information content (AvgIpc) is 3.22. The van der Waals surface area contributed by atoms with Crippen LogP contribution in [-0.2, 0) is 0 Å². The summed E-state index contributed by atoms with van der Waals surface area (Å²) in [6, 6.07) is 6.06. The summed E-state index contributed by atoms with van der Waals surface area (Å²) in [5, 5.41) is 0. The number of imidazole rings is 1. The zero-order valence-electron chi connectivity index (χ0n) is 12.2. The summed E-state index contributed by atoms with van der Waals surface area (Å²) in [4.78, 5) is 13.5. The van der Waals surface area contributed by atoms with Gasteiger partial charge in [0.25, 0.3) is 0 Å². The third-order valence-corrected chi connectivity index (χ3v) is 4.10.